The van der Waals surface area contributed by atoms with Crippen LogP contribution in [-0.4, -0.2) is 4.98 Å². The molecule has 3 aromatic rings. The number of rotatable bonds is 0. The zero-order valence-electron chi connectivity index (χ0n) is 10.9. The first-order valence-electron chi connectivity index (χ1n) is 6.93. The molecule has 0 spiro atoms. The van der Waals surface area contributed by atoms with E-state index in [4.69, 9.17) is 0 Å². The van der Waals surface area contributed by atoms with Crippen molar-refractivity contribution in [3.8, 4) is 11.1 Å². The van der Waals surface area contributed by atoms with E-state index in [0.29, 0.717) is 0 Å². The first kappa shape index (κ1) is 10.2. The van der Waals surface area contributed by atoms with E-state index in [0.717, 1.165) is 6.42 Å². The molecular weight excluding hydrogens is 242 g/mol. The van der Waals surface area contributed by atoms with E-state index in [1.165, 1.54) is 44.4 Å². The number of fused-ring (bicyclic) bond motifs is 6. The monoisotopic (exact) mass is 254 g/mol. The summed E-state index contributed by atoms with van der Waals surface area (Å²) in [5.74, 6) is 0. The number of nitrogens with one attached hydrogen (secondary N) is 1. The van der Waals surface area contributed by atoms with Crippen molar-refractivity contribution in [1.29, 1.82) is 0 Å². The Morgan fingerprint density at radius 2 is 1.95 bits per heavy atom. The molecule has 2 aliphatic rings. The first-order valence-corrected chi connectivity index (χ1v) is 6.93. The molecule has 1 N–H and O–H groups in total. The molecule has 0 amide bonds. The number of benzene rings is 2. The van der Waals surface area contributed by atoms with Gasteiger partial charge in [-0.2, -0.15) is 0 Å². The minimum atomic E-state index is 1.05. The molecule has 5 rings (SSSR count). The second-order valence-electron chi connectivity index (χ2n) is 5.49. The fourth-order valence-electron chi connectivity index (χ4n) is 3.42. The van der Waals surface area contributed by atoms with Crippen molar-refractivity contribution in [2.45, 2.75) is 6.42 Å². The van der Waals surface area contributed by atoms with E-state index in [1.807, 2.05) is 12.2 Å². The van der Waals surface area contributed by atoms with Gasteiger partial charge in [0.25, 0.3) is 0 Å². The van der Waals surface area contributed by atoms with Crippen molar-refractivity contribution in [1.82, 2.24) is 4.98 Å². The summed E-state index contributed by atoms with van der Waals surface area (Å²) in [5.41, 5.74) is 9.31. The summed E-state index contributed by atoms with van der Waals surface area (Å²) < 4.78 is 0. The van der Waals surface area contributed by atoms with Gasteiger partial charge in [0.15, 0.2) is 5.69 Å². The number of allylic oxidation sites excluding steroid dienone is 2. The van der Waals surface area contributed by atoms with Gasteiger partial charge < -0.3 is 4.98 Å². The van der Waals surface area contributed by atoms with Gasteiger partial charge in [-0.15, -0.1) is 0 Å². The van der Waals surface area contributed by atoms with Crippen molar-refractivity contribution in [3.63, 3.8) is 0 Å². The second kappa shape index (κ2) is 3.47. The maximum Gasteiger partial charge on any atom is 0.159 e. The van der Waals surface area contributed by atoms with Gasteiger partial charge in [-0.3, -0.25) is 0 Å². The topological polar surface area (TPSA) is 15.8 Å². The maximum atomic E-state index is 3.51. The van der Waals surface area contributed by atoms with Gasteiger partial charge in [0.2, 0.25) is 0 Å². The fourth-order valence-corrected chi connectivity index (χ4v) is 3.42. The van der Waals surface area contributed by atoms with Crippen LogP contribution in [0.5, 0.6) is 0 Å². The first-order chi connectivity index (χ1) is 9.90. The van der Waals surface area contributed by atoms with Crippen LogP contribution in [0.2, 0.25) is 0 Å². The molecule has 0 radical (unpaired) electrons. The van der Waals surface area contributed by atoms with Crippen molar-refractivity contribution < 1.29 is 0 Å². The molecule has 20 heavy (non-hydrogen) atoms. The third kappa shape index (κ3) is 1.20. The van der Waals surface area contributed by atoms with Crippen LogP contribution in [0.25, 0.3) is 34.2 Å². The van der Waals surface area contributed by atoms with Crippen molar-refractivity contribution in [3.05, 3.63) is 70.9 Å². The van der Waals surface area contributed by atoms with Crippen molar-refractivity contribution in [2.24, 2.45) is 0 Å². The van der Waals surface area contributed by atoms with E-state index < -0.39 is 0 Å². The molecule has 0 unspecified atom stereocenters. The number of hydrogen-bond donors (Lipinski definition) is 1. The van der Waals surface area contributed by atoms with Crippen molar-refractivity contribution in [2.75, 3.05) is 0 Å². The fraction of sp³-hybridized carbons (Fsp3) is 0.0526. The average Bonchev–Trinajstić information content (AvgIpc) is 3.02. The Balaban J connectivity index is 1.85. The Morgan fingerprint density at radius 3 is 2.95 bits per heavy atom. The SMILES string of the molecule is [C+]1=Cc2[nH]c3cc4c(cc3c2C=C1)Cc1ccccc1-4. The maximum absolute atomic E-state index is 3.51. The van der Waals surface area contributed by atoms with Gasteiger partial charge in [0.1, 0.15) is 17.7 Å². The van der Waals surface area contributed by atoms with E-state index in [2.05, 4.69) is 53.5 Å². The quantitative estimate of drug-likeness (QED) is 0.442. The highest BCUT2D eigenvalue weighted by molar-refractivity contribution is 5.98. The number of hydrogen-bond acceptors (Lipinski definition) is 0. The number of aromatic amines is 1. The summed E-state index contributed by atoms with van der Waals surface area (Å²) in [6, 6.07) is 13.4. The molecule has 1 heteroatoms. The smallest absolute Gasteiger partial charge is 0.159 e. The second-order valence-corrected chi connectivity index (χ2v) is 5.49. The summed E-state index contributed by atoms with van der Waals surface area (Å²) in [6.07, 6.45) is 10.3. The molecule has 0 bridgehead atoms. The van der Waals surface area contributed by atoms with Gasteiger partial charge in [-0.25, -0.2) is 0 Å². The molecule has 0 saturated carbocycles. The van der Waals surface area contributed by atoms with Crippen LogP contribution >= 0.6 is 0 Å². The Kier molecular flexibility index (Phi) is 1.77. The molecule has 1 aromatic heterocycles. The normalized spacial score (nSPS) is 14.0. The van der Waals surface area contributed by atoms with Crippen molar-refractivity contribution >= 4 is 23.1 Å². The lowest BCUT2D eigenvalue weighted by Crippen LogP contribution is -1.81. The molecule has 0 aliphatic heterocycles. The Morgan fingerprint density at radius 1 is 1.00 bits per heavy atom. The average molecular weight is 254 g/mol. The number of H-pyrrole nitrogens is 1. The van der Waals surface area contributed by atoms with E-state index in [-0.39, 0.29) is 0 Å². The van der Waals surface area contributed by atoms with Crippen LogP contribution in [0, 0.1) is 6.08 Å². The summed E-state index contributed by atoms with van der Waals surface area (Å²) >= 11 is 0. The van der Waals surface area contributed by atoms with Crippen LogP contribution < -0.4 is 0 Å². The molecular formula is C19H12N+. The summed E-state index contributed by atoms with van der Waals surface area (Å²) in [7, 11) is 0. The molecule has 1 nitrogen and oxygen atoms in total. The lowest BCUT2D eigenvalue weighted by molar-refractivity contribution is 1.27. The summed E-state index contributed by atoms with van der Waals surface area (Å²) in [6.45, 7) is 0. The highest BCUT2D eigenvalue weighted by Crippen LogP contribution is 2.40. The summed E-state index contributed by atoms with van der Waals surface area (Å²) in [5, 5.41) is 1.32. The van der Waals surface area contributed by atoms with E-state index in [1.54, 1.807) is 0 Å². The molecule has 0 atom stereocenters. The standard InChI is InChI=1S/C19H12N/c1-2-6-14-12(5-1)9-13-10-17-15-7-3-4-8-18(15)20-19(17)11-16(13)14/h1-3,5-8,10-11,20H,9H2/q+1. The predicted octanol–water partition coefficient (Wildman–Crippen LogP) is 4.58. The van der Waals surface area contributed by atoms with Crippen LogP contribution in [-0.2, 0) is 6.42 Å². The van der Waals surface area contributed by atoms with Crippen LogP contribution in [0.1, 0.15) is 22.4 Å². The highest BCUT2D eigenvalue weighted by atomic mass is 14.7. The van der Waals surface area contributed by atoms with Gasteiger partial charge in [0, 0.05) is 11.5 Å². The lowest BCUT2D eigenvalue weighted by atomic mass is 10.0. The molecule has 0 fully saturated rings. The third-order valence-corrected chi connectivity index (χ3v) is 4.36. The minimum Gasteiger partial charge on any atom is -0.301 e. The van der Waals surface area contributed by atoms with Gasteiger partial charge in [-0.05, 0) is 40.8 Å². The lowest BCUT2D eigenvalue weighted by Gasteiger charge is -2.00. The third-order valence-electron chi connectivity index (χ3n) is 4.36. The molecule has 1 heterocycles. The largest absolute Gasteiger partial charge is 0.301 e. The molecule has 2 aliphatic carbocycles. The minimum absolute atomic E-state index is 1.05. The Labute approximate surface area is 117 Å². The Bertz CT molecular complexity index is 922. The predicted molar refractivity (Wildman–Crippen MR) is 83.3 cm³/mol. The van der Waals surface area contributed by atoms with Gasteiger partial charge in [-0.1, -0.05) is 24.3 Å². The van der Waals surface area contributed by atoms with Crippen LogP contribution in [0.4, 0.5) is 0 Å². The van der Waals surface area contributed by atoms with Crippen LogP contribution in [0.15, 0.2) is 42.5 Å². The zero-order chi connectivity index (χ0) is 13.1. The number of aromatic nitrogens is 1. The molecule has 92 valence electrons. The summed E-state index contributed by atoms with van der Waals surface area (Å²) in [4.78, 5) is 3.51. The van der Waals surface area contributed by atoms with Gasteiger partial charge >= 0.3 is 0 Å². The molecule has 2 aromatic carbocycles. The van der Waals surface area contributed by atoms with E-state index >= 15 is 0 Å². The van der Waals surface area contributed by atoms with Crippen LogP contribution in [0.3, 0.4) is 0 Å². The molecule has 0 saturated heterocycles. The van der Waals surface area contributed by atoms with Gasteiger partial charge in [0.05, 0.1) is 11.6 Å². The Hall–Kier alpha value is -2.63. The zero-order valence-corrected chi connectivity index (χ0v) is 10.9. The van der Waals surface area contributed by atoms with E-state index in [9.17, 15) is 0 Å². The highest BCUT2D eigenvalue weighted by Gasteiger charge is 2.23.